The molecule has 2 unspecified atom stereocenters. The van der Waals surface area contributed by atoms with E-state index in [0.717, 1.165) is 47.4 Å². The highest BCUT2D eigenvalue weighted by molar-refractivity contribution is 6.09. The normalized spacial score (nSPS) is 19.3. The number of carbonyl (C=O) groups is 2. The number of rotatable bonds is 4. The molecule has 1 aromatic carbocycles. The molecule has 1 aromatic heterocycles. The number of esters is 1. The van der Waals surface area contributed by atoms with Crippen LogP contribution in [0.3, 0.4) is 0 Å². The molecule has 30 heavy (non-hydrogen) atoms. The molecule has 0 N–H and O–H groups in total. The Kier molecular flexibility index (Phi) is 6.09. The lowest BCUT2D eigenvalue weighted by Crippen LogP contribution is -2.39. The van der Waals surface area contributed by atoms with E-state index in [9.17, 15) is 9.59 Å². The Balaban J connectivity index is 1.51. The lowest BCUT2D eigenvalue weighted by atomic mass is 9.81. The Morgan fingerprint density at radius 3 is 2.87 bits per heavy atom. The number of ether oxygens (including phenoxy) is 1. The first-order valence-electron chi connectivity index (χ1n) is 10.5. The zero-order chi connectivity index (χ0) is 20.9. The Morgan fingerprint density at radius 2 is 2.07 bits per heavy atom. The first-order valence-corrected chi connectivity index (χ1v) is 10.5. The summed E-state index contributed by atoms with van der Waals surface area (Å²) >= 11 is 0. The van der Waals surface area contributed by atoms with E-state index in [-0.39, 0.29) is 23.8 Å². The molecule has 1 heterocycles. The van der Waals surface area contributed by atoms with Crippen LogP contribution in [-0.4, -0.2) is 16.7 Å². The van der Waals surface area contributed by atoms with Gasteiger partial charge in [-0.25, -0.2) is 0 Å². The summed E-state index contributed by atoms with van der Waals surface area (Å²) in [5.74, 6) is 6.63. The molecule has 2 atom stereocenters. The van der Waals surface area contributed by atoms with Gasteiger partial charge in [-0.2, -0.15) is 0 Å². The van der Waals surface area contributed by atoms with E-state index in [4.69, 9.17) is 4.74 Å². The number of nitrogens with zero attached hydrogens (tertiary/aromatic N) is 1. The third kappa shape index (κ3) is 4.68. The van der Waals surface area contributed by atoms with Crippen LogP contribution in [0.4, 0.5) is 0 Å². The number of hydrogen-bond acceptors (Lipinski definition) is 4. The quantitative estimate of drug-likeness (QED) is 0.586. The van der Waals surface area contributed by atoms with Crippen LogP contribution in [0.1, 0.15) is 55.5 Å². The number of aromatic nitrogens is 1. The van der Waals surface area contributed by atoms with Crippen LogP contribution in [0.5, 0.6) is 0 Å². The number of pyridine rings is 1. The van der Waals surface area contributed by atoms with Gasteiger partial charge in [-0.3, -0.25) is 14.6 Å². The first kappa shape index (κ1) is 20.1. The second kappa shape index (κ2) is 9.09. The molecule has 2 aliphatic rings. The maximum absolute atomic E-state index is 12.0. The van der Waals surface area contributed by atoms with Crippen molar-refractivity contribution in [3.05, 3.63) is 63.8 Å². The fourth-order valence-electron chi connectivity index (χ4n) is 4.27. The first-order chi connectivity index (χ1) is 14.6. The predicted molar refractivity (Wildman–Crippen MR) is 116 cm³/mol. The lowest BCUT2D eigenvalue weighted by Gasteiger charge is -2.30. The number of Topliss-reactive ketones (excluding diaryl/α,β-unsaturated/α-hetero) is 1. The van der Waals surface area contributed by atoms with E-state index in [1.54, 1.807) is 6.08 Å². The minimum atomic E-state index is -0.375. The summed E-state index contributed by atoms with van der Waals surface area (Å²) in [6, 6.07) is 10.4. The van der Waals surface area contributed by atoms with Crippen molar-refractivity contribution in [3.63, 3.8) is 0 Å². The number of aryl methyl sites for hydroxylation is 1. The molecule has 0 fully saturated rings. The summed E-state index contributed by atoms with van der Waals surface area (Å²) in [5.41, 5.74) is 3.12. The van der Waals surface area contributed by atoms with Gasteiger partial charge in [-0.1, -0.05) is 36.4 Å². The van der Waals surface area contributed by atoms with Crippen molar-refractivity contribution < 1.29 is 14.3 Å². The van der Waals surface area contributed by atoms with Crippen molar-refractivity contribution in [2.24, 2.45) is 5.92 Å². The molecule has 0 radical (unpaired) electrons. The zero-order valence-corrected chi connectivity index (χ0v) is 17.2. The lowest BCUT2D eigenvalue weighted by molar-refractivity contribution is -0.148. The standard InChI is InChI=1S/C26H25NO3/c1-18(28)30-25-15-20(11-7-3-6-10-19-8-4-2-5-9-19)14-24-26(25)23-16-22(29)13-12-21(23)17-27-24/h2,4-5,8-9,12,16-17,20,25H,6,10-11,13-15H2,1H3. The summed E-state index contributed by atoms with van der Waals surface area (Å²) in [5, 5.41) is 1.82. The summed E-state index contributed by atoms with van der Waals surface area (Å²) in [6.45, 7) is 1.43. The Labute approximate surface area is 176 Å². The van der Waals surface area contributed by atoms with Crippen LogP contribution in [0.15, 0.2) is 36.5 Å². The Bertz CT molecular complexity index is 1140. The third-order valence-electron chi connectivity index (χ3n) is 5.66. The van der Waals surface area contributed by atoms with Gasteiger partial charge < -0.3 is 4.74 Å². The number of benzene rings is 1. The molecule has 4 rings (SSSR count). The maximum Gasteiger partial charge on any atom is 0.303 e. The average Bonchev–Trinajstić information content (AvgIpc) is 2.73. The van der Waals surface area contributed by atoms with Crippen molar-refractivity contribution >= 4 is 23.9 Å². The van der Waals surface area contributed by atoms with Crippen molar-refractivity contribution in [2.45, 2.75) is 51.6 Å². The average molecular weight is 399 g/mol. The molecule has 152 valence electrons. The molecule has 0 bridgehead atoms. The fourth-order valence-corrected chi connectivity index (χ4v) is 4.27. The van der Waals surface area contributed by atoms with E-state index in [1.807, 2.05) is 30.5 Å². The van der Waals surface area contributed by atoms with Gasteiger partial charge in [0.25, 0.3) is 0 Å². The molecular weight excluding hydrogens is 374 g/mol. The highest BCUT2D eigenvalue weighted by atomic mass is 16.5. The highest BCUT2D eigenvalue weighted by Crippen LogP contribution is 2.34. The van der Waals surface area contributed by atoms with E-state index in [2.05, 4.69) is 29.0 Å². The number of carbonyl (C=O) groups excluding carboxylic acids is 2. The van der Waals surface area contributed by atoms with E-state index < -0.39 is 0 Å². The summed E-state index contributed by atoms with van der Waals surface area (Å²) < 4.78 is 5.66. The summed E-state index contributed by atoms with van der Waals surface area (Å²) in [7, 11) is 0. The Hall–Kier alpha value is -3.19. The number of fused-ring (bicyclic) bond motifs is 3. The molecule has 0 spiro atoms. The number of ketones is 1. The van der Waals surface area contributed by atoms with Gasteiger partial charge in [-0.15, -0.1) is 11.8 Å². The molecule has 0 saturated heterocycles. The van der Waals surface area contributed by atoms with Gasteiger partial charge >= 0.3 is 5.97 Å². The third-order valence-corrected chi connectivity index (χ3v) is 5.66. The second-order valence-corrected chi connectivity index (χ2v) is 7.95. The smallest absolute Gasteiger partial charge is 0.303 e. The van der Waals surface area contributed by atoms with Crippen LogP contribution in [0, 0.1) is 17.8 Å². The van der Waals surface area contributed by atoms with Gasteiger partial charge in [0.1, 0.15) is 6.10 Å². The van der Waals surface area contributed by atoms with Crippen LogP contribution in [0.2, 0.25) is 0 Å². The second-order valence-electron chi connectivity index (χ2n) is 7.95. The van der Waals surface area contributed by atoms with Gasteiger partial charge in [0.05, 0.1) is 0 Å². The van der Waals surface area contributed by atoms with Crippen LogP contribution in [0.25, 0.3) is 12.2 Å². The van der Waals surface area contributed by atoms with Crippen molar-refractivity contribution in [2.75, 3.05) is 0 Å². The number of hydrogen-bond donors (Lipinski definition) is 0. The van der Waals surface area contributed by atoms with Crippen LogP contribution in [-0.2, 0) is 27.2 Å². The van der Waals surface area contributed by atoms with E-state index in [0.29, 0.717) is 12.8 Å². The molecular formula is C26H25NO3. The SMILES string of the molecule is CC(=O)OC1CC(CC#CCCc2ccccc2)Cc2ncc3c(c21)=CC(=O)CC=3. The van der Waals surface area contributed by atoms with Crippen molar-refractivity contribution in [3.8, 4) is 11.8 Å². The highest BCUT2D eigenvalue weighted by Gasteiger charge is 2.31. The Morgan fingerprint density at radius 1 is 1.23 bits per heavy atom. The molecule has 0 saturated carbocycles. The molecule has 4 nitrogen and oxygen atoms in total. The van der Waals surface area contributed by atoms with Crippen molar-refractivity contribution in [1.82, 2.24) is 4.98 Å². The van der Waals surface area contributed by atoms with E-state index >= 15 is 0 Å². The minimum absolute atomic E-state index is 0.0730. The summed E-state index contributed by atoms with van der Waals surface area (Å²) in [4.78, 5) is 28.4. The van der Waals surface area contributed by atoms with Crippen molar-refractivity contribution in [1.29, 1.82) is 0 Å². The predicted octanol–water partition coefficient (Wildman–Crippen LogP) is 2.81. The molecule has 4 heteroatoms. The maximum atomic E-state index is 12.0. The topological polar surface area (TPSA) is 56.3 Å². The zero-order valence-electron chi connectivity index (χ0n) is 17.2. The monoisotopic (exact) mass is 399 g/mol. The molecule has 2 aliphatic carbocycles. The van der Waals surface area contributed by atoms with Gasteiger partial charge in [0, 0.05) is 43.6 Å². The fraction of sp³-hybridized carbons (Fsp3) is 0.346. The molecule has 0 amide bonds. The molecule has 2 aromatic rings. The van der Waals surface area contributed by atoms with Crippen LogP contribution >= 0.6 is 0 Å². The van der Waals surface area contributed by atoms with Gasteiger partial charge in [-0.05, 0) is 47.3 Å². The largest absolute Gasteiger partial charge is 0.458 e. The summed E-state index contributed by atoms with van der Waals surface area (Å²) in [6.07, 6.45) is 9.46. The van der Waals surface area contributed by atoms with Gasteiger partial charge in [0.2, 0.25) is 0 Å². The molecule has 0 aliphatic heterocycles. The van der Waals surface area contributed by atoms with Gasteiger partial charge in [0.15, 0.2) is 5.78 Å². The minimum Gasteiger partial charge on any atom is -0.458 e. The van der Waals surface area contributed by atoms with Crippen LogP contribution < -0.4 is 10.4 Å². The van der Waals surface area contributed by atoms with E-state index in [1.165, 1.54) is 12.5 Å².